The fraction of sp³-hybridized carbons (Fsp3) is 0.941. The Morgan fingerprint density at radius 3 is 2.29 bits per heavy atom. The van der Waals surface area contributed by atoms with Crippen LogP contribution < -0.4 is 10.6 Å². The molecule has 3 aliphatic rings. The minimum absolute atomic E-state index is 0.111. The van der Waals surface area contributed by atoms with E-state index < -0.39 is 0 Å². The van der Waals surface area contributed by atoms with Crippen molar-refractivity contribution < 1.29 is 4.79 Å². The molecule has 0 bridgehead atoms. The van der Waals surface area contributed by atoms with Crippen LogP contribution in [0.4, 0.5) is 0 Å². The Morgan fingerprint density at radius 2 is 1.71 bits per heavy atom. The van der Waals surface area contributed by atoms with Gasteiger partial charge in [0.2, 0.25) is 5.91 Å². The van der Waals surface area contributed by atoms with Crippen LogP contribution in [0.15, 0.2) is 0 Å². The monoisotopic (exact) mass is 293 g/mol. The Morgan fingerprint density at radius 1 is 1.10 bits per heavy atom. The van der Waals surface area contributed by atoms with E-state index in [9.17, 15) is 4.79 Å². The summed E-state index contributed by atoms with van der Waals surface area (Å²) in [6.07, 6.45) is 4.57. The highest BCUT2D eigenvalue weighted by Crippen LogP contribution is 2.62. The van der Waals surface area contributed by atoms with Gasteiger partial charge in [-0.1, -0.05) is 27.7 Å². The van der Waals surface area contributed by atoms with Crippen molar-refractivity contribution in [2.24, 2.45) is 10.8 Å². The second-order valence-corrected chi connectivity index (χ2v) is 8.26. The Balaban J connectivity index is 1.61. The van der Waals surface area contributed by atoms with Crippen LogP contribution in [0.1, 0.15) is 53.4 Å². The summed E-state index contributed by atoms with van der Waals surface area (Å²) in [5.74, 6) is 0.273. The van der Waals surface area contributed by atoms with E-state index in [2.05, 4.69) is 43.2 Å². The molecular weight excluding hydrogens is 262 g/mol. The fourth-order valence-corrected chi connectivity index (χ4v) is 4.44. The molecule has 0 aromatic heterocycles. The third-order valence-corrected chi connectivity index (χ3v) is 6.68. The van der Waals surface area contributed by atoms with Crippen LogP contribution in [-0.4, -0.2) is 48.6 Å². The molecule has 2 heterocycles. The number of carbonyl (C=O) groups excluding carboxylic acids is 1. The average molecular weight is 293 g/mol. The van der Waals surface area contributed by atoms with Crippen molar-refractivity contribution in [2.45, 2.75) is 71.5 Å². The van der Waals surface area contributed by atoms with Crippen LogP contribution in [0.3, 0.4) is 0 Å². The molecule has 1 amide bonds. The first-order chi connectivity index (χ1) is 9.85. The van der Waals surface area contributed by atoms with Crippen LogP contribution in [0.5, 0.6) is 0 Å². The Kier molecular flexibility index (Phi) is 3.81. The lowest BCUT2D eigenvalue weighted by Gasteiger charge is -2.35. The van der Waals surface area contributed by atoms with Gasteiger partial charge in [0.15, 0.2) is 0 Å². The van der Waals surface area contributed by atoms with Gasteiger partial charge in [0.05, 0.1) is 6.04 Å². The summed E-state index contributed by atoms with van der Waals surface area (Å²) in [7, 11) is 0. The maximum absolute atomic E-state index is 12.8. The fourth-order valence-electron chi connectivity index (χ4n) is 4.44. The number of amides is 1. The SMILES string of the molecule is CC1(C)C(NC(=O)C2CCCN2C2CCNCC2)C1(C)C. The number of nitrogens with zero attached hydrogens (tertiary/aromatic N) is 1. The van der Waals surface area contributed by atoms with Crippen LogP contribution in [0, 0.1) is 10.8 Å². The zero-order valence-electron chi connectivity index (χ0n) is 14.0. The first kappa shape index (κ1) is 15.3. The summed E-state index contributed by atoms with van der Waals surface area (Å²) < 4.78 is 0. The van der Waals surface area contributed by atoms with Crippen LogP contribution in [0.2, 0.25) is 0 Å². The summed E-state index contributed by atoms with van der Waals surface area (Å²) in [4.78, 5) is 15.2. The maximum Gasteiger partial charge on any atom is 0.237 e. The van der Waals surface area contributed by atoms with Gasteiger partial charge in [-0.15, -0.1) is 0 Å². The van der Waals surface area contributed by atoms with E-state index in [-0.39, 0.29) is 22.8 Å². The van der Waals surface area contributed by atoms with Crippen molar-refractivity contribution in [3.05, 3.63) is 0 Å². The molecule has 0 aromatic rings. The molecule has 0 radical (unpaired) electrons. The second-order valence-electron chi connectivity index (χ2n) is 8.26. The summed E-state index contributed by atoms with van der Waals surface area (Å²) in [6, 6.07) is 1.04. The van der Waals surface area contributed by atoms with Crippen LogP contribution in [0.25, 0.3) is 0 Å². The largest absolute Gasteiger partial charge is 0.351 e. The molecule has 1 unspecified atom stereocenters. The molecule has 0 spiro atoms. The van der Waals surface area contributed by atoms with Gasteiger partial charge in [0, 0.05) is 12.1 Å². The highest BCUT2D eigenvalue weighted by Gasteiger charge is 2.65. The van der Waals surface area contributed by atoms with Crippen molar-refractivity contribution in [3.63, 3.8) is 0 Å². The smallest absolute Gasteiger partial charge is 0.237 e. The summed E-state index contributed by atoms with van der Waals surface area (Å²) in [5, 5.41) is 6.77. The summed E-state index contributed by atoms with van der Waals surface area (Å²) >= 11 is 0. The third-order valence-electron chi connectivity index (χ3n) is 6.68. The molecule has 4 nitrogen and oxygen atoms in total. The molecule has 4 heteroatoms. The first-order valence-electron chi connectivity index (χ1n) is 8.62. The molecule has 2 aliphatic heterocycles. The zero-order valence-corrected chi connectivity index (χ0v) is 14.0. The number of rotatable bonds is 3. The van der Waals surface area contributed by atoms with Crippen LogP contribution >= 0.6 is 0 Å². The Labute approximate surface area is 129 Å². The topological polar surface area (TPSA) is 44.4 Å². The molecule has 0 aromatic carbocycles. The number of carbonyl (C=O) groups is 1. The van der Waals surface area contributed by atoms with Crippen molar-refractivity contribution in [2.75, 3.05) is 19.6 Å². The van der Waals surface area contributed by atoms with Crippen molar-refractivity contribution in [3.8, 4) is 0 Å². The van der Waals surface area contributed by atoms with Crippen molar-refractivity contribution >= 4 is 5.91 Å². The van der Waals surface area contributed by atoms with E-state index in [4.69, 9.17) is 0 Å². The number of hydrogen-bond acceptors (Lipinski definition) is 3. The maximum atomic E-state index is 12.8. The molecule has 21 heavy (non-hydrogen) atoms. The number of hydrogen-bond donors (Lipinski definition) is 2. The van der Waals surface area contributed by atoms with Crippen LogP contribution in [-0.2, 0) is 4.79 Å². The number of nitrogens with one attached hydrogen (secondary N) is 2. The molecule has 1 saturated carbocycles. The standard InChI is InChI=1S/C17H31N3O/c1-16(2)15(17(16,3)4)19-14(21)13-6-5-11-20(13)12-7-9-18-10-8-12/h12-13,15,18H,5-11H2,1-4H3,(H,19,21). The van der Waals surface area contributed by atoms with E-state index in [1.165, 1.54) is 19.3 Å². The van der Waals surface area contributed by atoms with E-state index in [0.717, 1.165) is 26.1 Å². The molecule has 1 atom stereocenters. The third kappa shape index (κ3) is 2.50. The van der Waals surface area contributed by atoms with Gasteiger partial charge in [0.1, 0.15) is 0 Å². The predicted molar refractivity (Wildman–Crippen MR) is 85.1 cm³/mol. The van der Waals surface area contributed by atoms with E-state index in [1.807, 2.05) is 0 Å². The highest BCUT2D eigenvalue weighted by molar-refractivity contribution is 5.83. The van der Waals surface area contributed by atoms with Gasteiger partial charge in [-0.25, -0.2) is 0 Å². The lowest BCUT2D eigenvalue weighted by atomic mass is 10.0. The highest BCUT2D eigenvalue weighted by atomic mass is 16.2. The average Bonchev–Trinajstić information content (AvgIpc) is 2.85. The van der Waals surface area contributed by atoms with E-state index >= 15 is 0 Å². The summed E-state index contributed by atoms with van der Waals surface area (Å²) in [6.45, 7) is 12.3. The minimum atomic E-state index is 0.111. The normalized spacial score (nSPS) is 33.0. The van der Waals surface area contributed by atoms with Gasteiger partial charge >= 0.3 is 0 Å². The van der Waals surface area contributed by atoms with Crippen molar-refractivity contribution in [1.29, 1.82) is 0 Å². The Bertz CT molecular complexity index is 398. The van der Waals surface area contributed by atoms with E-state index in [1.54, 1.807) is 0 Å². The van der Waals surface area contributed by atoms with Gasteiger partial charge in [-0.05, 0) is 56.1 Å². The lowest BCUT2D eigenvalue weighted by molar-refractivity contribution is -0.126. The molecule has 2 saturated heterocycles. The number of likely N-dealkylation sites (tertiary alicyclic amines) is 1. The molecule has 2 N–H and O–H groups in total. The Hall–Kier alpha value is -0.610. The van der Waals surface area contributed by atoms with Gasteiger partial charge in [0.25, 0.3) is 0 Å². The van der Waals surface area contributed by atoms with Gasteiger partial charge in [-0.2, -0.15) is 0 Å². The molecule has 3 fully saturated rings. The van der Waals surface area contributed by atoms with Crippen molar-refractivity contribution in [1.82, 2.24) is 15.5 Å². The predicted octanol–water partition coefficient (Wildman–Crippen LogP) is 1.75. The van der Waals surface area contributed by atoms with E-state index in [0.29, 0.717) is 12.1 Å². The minimum Gasteiger partial charge on any atom is -0.351 e. The quantitative estimate of drug-likeness (QED) is 0.833. The first-order valence-corrected chi connectivity index (χ1v) is 8.62. The zero-order chi connectivity index (χ0) is 15.3. The number of piperidine rings is 1. The molecule has 3 rings (SSSR count). The summed E-state index contributed by atoms with van der Waals surface area (Å²) in [5.41, 5.74) is 0.446. The van der Waals surface area contributed by atoms with Gasteiger partial charge < -0.3 is 10.6 Å². The molecular formula is C17H31N3O. The second kappa shape index (κ2) is 5.24. The molecule has 120 valence electrons. The molecule has 1 aliphatic carbocycles. The lowest BCUT2D eigenvalue weighted by Crippen LogP contribution is -2.51. The van der Waals surface area contributed by atoms with Gasteiger partial charge in [-0.3, -0.25) is 9.69 Å².